The van der Waals surface area contributed by atoms with Gasteiger partial charge in [-0.3, -0.25) is 14.6 Å². The zero-order valence-corrected chi connectivity index (χ0v) is 14.8. The van der Waals surface area contributed by atoms with Gasteiger partial charge in [0.1, 0.15) is 0 Å². The van der Waals surface area contributed by atoms with Crippen LogP contribution in [0.4, 0.5) is 11.4 Å². The maximum absolute atomic E-state index is 12.9. The number of rotatable bonds is 3. The first-order valence-electron chi connectivity index (χ1n) is 9.39. The minimum absolute atomic E-state index is 0.0504. The van der Waals surface area contributed by atoms with Gasteiger partial charge in [-0.1, -0.05) is 25.3 Å². The van der Waals surface area contributed by atoms with Crippen molar-refractivity contribution in [3.63, 3.8) is 0 Å². The van der Waals surface area contributed by atoms with Crippen LogP contribution in [-0.2, 0) is 11.2 Å². The van der Waals surface area contributed by atoms with Crippen LogP contribution in [0.2, 0.25) is 0 Å². The first-order valence-corrected chi connectivity index (χ1v) is 9.39. The Kier molecular flexibility index (Phi) is 4.69. The van der Waals surface area contributed by atoms with Gasteiger partial charge in [-0.05, 0) is 43.2 Å². The van der Waals surface area contributed by atoms with E-state index in [-0.39, 0.29) is 17.7 Å². The van der Waals surface area contributed by atoms with E-state index in [0.29, 0.717) is 17.8 Å². The van der Waals surface area contributed by atoms with Crippen LogP contribution in [0.3, 0.4) is 0 Å². The lowest BCUT2D eigenvalue weighted by Gasteiger charge is -2.21. The Morgan fingerprint density at radius 1 is 1.08 bits per heavy atom. The van der Waals surface area contributed by atoms with Gasteiger partial charge >= 0.3 is 0 Å². The van der Waals surface area contributed by atoms with Crippen LogP contribution in [0, 0.1) is 5.92 Å². The molecule has 1 aromatic carbocycles. The molecule has 0 bridgehead atoms. The first-order chi connectivity index (χ1) is 12.7. The van der Waals surface area contributed by atoms with E-state index in [4.69, 9.17) is 0 Å². The summed E-state index contributed by atoms with van der Waals surface area (Å²) in [5.41, 5.74) is 3.12. The molecule has 0 atom stereocenters. The summed E-state index contributed by atoms with van der Waals surface area (Å²) in [6.07, 6.45) is 7.93. The number of pyridine rings is 1. The standard InChI is InChI=1S/C21H23N3O2/c25-20(15-6-2-1-3-7-15)23-17-9-4-8-16(14-17)21(26)24-13-11-18-19(24)10-5-12-22-18/h4-5,8-10,12,14-15H,1-3,6-7,11,13H2,(H,23,25). The number of nitrogens with one attached hydrogen (secondary N) is 1. The number of anilines is 2. The van der Waals surface area contributed by atoms with Crippen molar-refractivity contribution in [2.75, 3.05) is 16.8 Å². The second-order valence-electron chi connectivity index (χ2n) is 7.08. The molecule has 2 aliphatic rings. The summed E-state index contributed by atoms with van der Waals surface area (Å²) >= 11 is 0. The third-order valence-corrected chi connectivity index (χ3v) is 5.33. The molecule has 1 saturated carbocycles. The van der Waals surface area contributed by atoms with Gasteiger partial charge in [0.2, 0.25) is 5.91 Å². The van der Waals surface area contributed by atoms with Crippen molar-refractivity contribution in [1.29, 1.82) is 0 Å². The number of nitrogens with zero attached hydrogens (tertiary/aromatic N) is 2. The number of carbonyl (C=O) groups is 2. The molecular weight excluding hydrogens is 326 g/mol. The van der Waals surface area contributed by atoms with E-state index in [0.717, 1.165) is 43.5 Å². The molecule has 2 amide bonds. The van der Waals surface area contributed by atoms with E-state index in [1.54, 1.807) is 23.2 Å². The molecule has 0 saturated heterocycles. The van der Waals surface area contributed by atoms with Gasteiger partial charge in [0.05, 0.1) is 11.4 Å². The summed E-state index contributed by atoms with van der Waals surface area (Å²) in [5, 5.41) is 2.99. The largest absolute Gasteiger partial charge is 0.326 e. The van der Waals surface area contributed by atoms with Crippen LogP contribution in [0.1, 0.15) is 48.2 Å². The second-order valence-corrected chi connectivity index (χ2v) is 7.08. The fourth-order valence-corrected chi connectivity index (χ4v) is 3.91. The molecule has 134 valence electrons. The minimum atomic E-state index is -0.0504. The van der Waals surface area contributed by atoms with Crippen LogP contribution in [-0.4, -0.2) is 23.3 Å². The Bertz CT molecular complexity index is 828. The molecule has 5 nitrogen and oxygen atoms in total. The molecule has 0 radical (unpaired) electrons. The van der Waals surface area contributed by atoms with E-state index in [9.17, 15) is 9.59 Å². The molecule has 0 unspecified atom stereocenters. The predicted octanol–water partition coefficient (Wildman–Crippen LogP) is 3.80. The van der Waals surface area contributed by atoms with Gasteiger partial charge in [0, 0.05) is 36.3 Å². The lowest BCUT2D eigenvalue weighted by Crippen LogP contribution is -2.29. The van der Waals surface area contributed by atoms with Crippen molar-refractivity contribution in [2.24, 2.45) is 5.92 Å². The Morgan fingerprint density at radius 2 is 1.92 bits per heavy atom. The molecule has 1 aliphatic carbocycles. The topological polar surface area (TPSA) is 62.3 Å². The van der Waals surface area contributed by atoms with Crippen LogP contribution in [0.15, 0.2) is 42.6 Å². The van der Waals surface area contributed by atoms with E-state index >= 15 is 0 Å². The SMILES string of the molecule is O=C(Nc1cccc(C(=O)N2CCc3ncccc32)c1)C1CCCCC1. The summed E-state index contributed by atoms with van der Waals surface area (Å²) < 4.78 is 0. The molecular formula is C21H23N3O2. The highest BCUT2D eigenvalue weighted by Gasteiger charge is 2.26. The van der Waals surface area contributed by atoms with Gasteiger partial charge in [0.25, 0.3) is 5.91 Å². The zero-order valence-electron chi connectivity index (χ0n) is 14.8. The average molecular weight is 349 g/mol. The van der Waals surface area contributed by atoms with E-state index in [2.05, 4.69) is 10.3 Å². The van der Waals surface area contributed by atoms with Crippen molar-refractivity contribution in [2.45, 2.75) is 38.5 Å². The van der Waals surface area contributed by atoms with E-state index < -0.39 is 0 Å². The van der Waals surface area contributed by atoms with Crippen LogP contribution < -0.4 is 10.2 Å². The normalized spacial score (nSPS) is 17.0. The summed E-state index contributed by atoms with van der Waals surface area (Å²) in [5.74, 6) is 0.121. The maximum Gasteiger partial charge on any atom is 0.258 e. The van der Waals surface area contributed by atoms with Crippen molar-refractivity contribution in [3.05, 3.63) is 53.9 Å². The summed E-state index contributed by atoms with van der Waals surface area (Å²) in [6.45, 7) is 0.643. The number of fused-ring (bicyclic) bond motifs is 1. The molecule has 1 fully saturated rings. The highest BCUT2D eigenvalue weighted by Crippen LogP contribution is 2.28. The Morgan fingerprint density at radius 3 is 2.77 bits per heavy atom. The highest BCUT2D eigenvalue weighted by atomic mass is 16.2. The molecule has 5 heteroatoms. The lowest BCUT2D eigenvalue weighted by atomic mass is 9.88. The lowest BCUT2D eigenvalue weighted by molar-refractivity contribution is -0.120. The van der Waals surface area contributed by atoms with Gasteiger partial charge in [-0.25, -0.2) is 0 Å². The molecule has 26 heavy (non-hydrogen) atoms. The highest BCUT2D eigenvalue weighted by molar-refractivity contribution is 6.08. The molecule has 2 heterocycles. The van der Waals surface area contributed by atoms with Crippen molar-refractivity contribution in [1.82, 2.24) is 4.98 Å². The molecule has 0 spiro atoms. The number of amides is 2. The summed E-state index contributed by atoms with van der Waals surface area (Å²) in [4.78, 5) is 31.5. The smallest absolute Gasteiger partial charge is 0.258 e. The van der Waals surface area contributed by atoms with Crippen molar-refractivity contribution >= 4 is 23.2 Å². The van der Waals surface area contributed by atoms with Crippen molar-refractivity contribution in [3.8, 4) is 0 Å². The quantitative estimate of drug-likeness (QED) is 0.917. The number of aromatic nitrogens is 1. The molecule has 1 N–H and O–H groups in total. The average Bonchev–Trinajstić information content (AvgIpc) is 3.12. The van der Waals surface area contributed by atoms with Gasteiger partial charge in [-0.15, -0.1) is 0 Å². The number of carbonyl (C=O) groups excluding carboxylic acids is 2. The monoisotopic (exact) mass is 349 g/mol. The minimum Gasteiger partial charge on any atom is -0.326 e. The van der Waals surface area contributed by atoms with Crippen LogP contribution in [0.25, 0.3) is 0 Å². The number of hydrogen-bond donors (Lipinski definition) is 1. The molecule has 1 aliphatic heterocycles. The Hall–Kier alpha value is -2.69. The van der Waals surface area contributed by atoms with Gasteiger partial charge < -0.3 is 10.2 Å². The number of benzene rings is 1. The van der Waals surface area contributed by atoms with E-state index in [1.165, 1.54) is 6.42 Å². The summed E-state index contributed by atoms with van der Waals surface area (Å²) in [6, 6.07) is 11.0. The second kappa shape index (κ2) is 7.28. The zero-order chi connectivity index (χ0) is 17.9. The van der Waals surface area contributed by atoms with Crippen LogP contribution in [0.5, 0.6) is 0 Å². The van der Waals surface area contributed by atoms with Gasteiger partial charge in [0.15, 0.2) is 0 Å². The fourth-order valence-electron chi connectivity index (χ4n) is 3.91. The van der Waals surface area contributed by atoms with E-state index in [1.807, 2.05) is 24.3 Å². The predicted molar refractivity (Wildman–Crippen MR) is 101 cm³/mol. The number of hydrogen-bond acceptors (Lipinski definition) is 3. The first kappa shape index (κ1) is 16.8. The maximum atomic E-state index is 12.9. The molecule has 4 rings (SSSR count). The summed E-state index contributed by atoms with van der Waals surface area (Å²) in [7, 11) is 0. The molecule has 2 aromatic rings. The third kappa shape index (κ3) is 3.34. The molecule has 1 aromatic heterocycles. The van der Waals surface area contributed by atoms with Gasteiger partial charge in [-0.2, -0.15) is 0 Å². The van der Waals surface area contributed by atoms with Crippen LogP contribution >= 0.6 is 0 Å². The Labute approximate surface area is 153 Å². The Balaban J connectivity index is 1.49. The van der Waals surface area contributed by atoms with Crippen molar-refractivity contribution < 1.29 is 9.59 Å². The third-order valence-electron chi connectivity index (χ3n) is 5.33. The fraction of sp³-hybridized carbons (Fsp3) is 0.381.